The van der Waals surface area contributed by atoms with E-state index in [0.717, 1.165) is 12.8 Å². The lowest BCUT2D eigenvalue weighted by Gasteiger charge is -2.09. The van der Waals surface area contributed by atoms with Crippen molar-refractivity contribution in [3.05, 3.63) is 29.3 Å². The normalized spacial score (nSPS) is 15.4. The Labute approximate surface area is 106 Å². The molecule has 0 aromatic heterocycles. The quantitative estimate of drug-likeness (QED) is 0.854. The van der Waals surface area contributed by atoms with Crippen molar-refractivity contribution in [3.8, 4) is 0 Å². The summed E-state index contributed by atoms with van der Waals surface area (Å²) in [4.78, 5) is 10.8. The van der Waals surface area contributed by atoms with Crippen LogP contribution >= 0.6 is 0 Å². The van der Waals surface area contributed by atoms with Crippen LogP contribution in [0.2, 0.25) is 0 Å². The van der Waals surface area contributed by atoms with Crippen LogP contribution in [-0.4, -0.2) is 25.2 Å². The van der Waals surface area contributed by atoms with Crippen LogP contribution in [0.3, 0.4) is 0 Å². The molecule has 1 saturated carbocycles. The monoisotopic (exact) mass is 269 g/mol. The minimum absolute atomic E-state index is 0.146. The molecule has 2 rings (SSSR count). The van der Waals surface area contributed by atoms with Gasteiger partial charge in [0, 0.05) is 5.69 Å². The molecule has 5 nitrogen and oxygen atoms in total. The molecule has 0 unspecified atom stereocenters. The number of nitrogens with one attached hydrogen (secondary N) is 1. The minimum Gasteiger partial charge on any atom is -0.478 e. The summed E-state index contributed by atoms with van der Waals surface area (Å²) in [6.07, 6.45) is 1.94. The van der Waals surface area contributed by atoms with E-state index in [1.165, 1.54) is 18.2 Å². The zero-order valence-electron chi connectivity index (χ0n) is 10.0. The lowest BCUT2D eigenvalue weighted by Crippen LogP contribution is -2.18. The van der Waals surface area contributed by atoms with Gasteiger partial charge in [-0.25, -0.2) is 13.2 Å². The van der Waals surface area contributed by atoms with E-state index in [2.05, 4.69) is 4.72 Å². The van der Waals surface area contributed by atoms with E-state index in [9.17, 15) is 13.2 Å². The highest BCUT2D eigenvalue weighted by atomic mass is 32.2. The van der Waals surface area contributed by atoms with E-state index in [1.807, 2.05) is 0 Å². The first-order chi connectivity index (χ1) is 8.37. The van der Waals surface area contributed by atoms with Crippen LogP contribution in [0.5, 0.6) is 0 Å². The summed E-state index contributed by atoms with van der Waals surface area (Å²) in [5.74, 6) is -0.589. The third-order valence-corrected chi connectivity index (χ3v) is 4.34. The molecule has 0 bridgehead atoms. The summed E-state index contributed by atoms with van der Waals surface area (Å²) in [5.41, 5.74) is 1.13. The highest BCUT2D eigenvalue weighted by Crippen LogP contribution is 2.30. The molecule has 0 atom stereocenters. The number of sulfonamides is 1. The van der Waals surface area contributed by atoms with Gasteiger partial charge in [-0.1, -0.05) is 0 Å². The standard InChI is InChI=1S/C12H15NO4S/c1-8-6-10(4-5-11(8)12(14)15)13-18(16,17)7-9-2-3-9/h4-6,9,13H,2-3,7H2,1H3,(H,14,15). The van der Waals surface area contributed by atoms with Crippen molar-refractivity contribution in [1.29, 1.82) is 0 Å². The summed E-state index contributed by atoms with van der Waals surface area (Å²) < 4.78 is 26.0. The molecule has 1 fully saturated rings. The molecule has 0 radical (unpaired) electrons. The topological polar surface area (TPSA) is 83.5 Å². The summed E-state index contributed by atoms with van der Waals surface area (Å²) >= 11 is 0. The molecule has 1 aromatic rings. The van der Waals surface area contributed by atoms with Crippen molar-refractivity contribution in [2.45, 2.75) is 19.8 Å². The highest BCUT2D eigenvalue weighted by molar-refractivity contribution is 7.92. The number of rotatable bonds is 5. The fourth-order valence-corrected chi connectivity index (χ4v) is 3.31. The van der Waals surface area contributed by atoms with Gasteiger partial charge < -0.3 is 5.11 Å². The lowest BCUT2D eigenvalue weighted by atomic mass is 10.1. The molecule has 1 aliphatic rings. The number of benzene rings is 1. The molecule has 98 valence electrons. The van der Waals surface area contributed by atoms with Gasteiger partial charge in [-0.15, -0.1) is 0 Å². The molecule has 0 aliphatic heterocycles. The van der Waals surface area contributed by atoms with Crippen LogP contribution in [-0.2, 0) is 10.0 Å². The van der Waals surface area contributed by atoms with Crippen LogP contribution < -0.4 is 4.72 Å². The fourth-order valence-electron chi connectivity index (χ4n) is 1.78. The Balaban J connectivity index is 2.14. The average molecular weight is 269 g/mol. The van der Waals surface area contributed by atoms with Crippen molar-refractivity contribution < 1.29 is 18.3 Å². The van der Waals surface area contributed by atoms with E-state index in [1.54, 1.807) is 6.92 Å². The smallest absolute Gasteiger partial charge is 0.335 e. The van der Waals surface area contributed by atoms with E-state index >= 15 is 0 Å². The van der Waals surface area contributed by atoms with E-state index < -0.39 is 16.0 Å². The summed E-state index contributed by atoms with van der Waals surface area (Å²) in [6, 6.07) is 4.42. The van der Waals surface area contributed by atoms with Crippen molar-refractivity contribution in [1.82, 2.24) is 0 Å². The van der Waals surface area contributed by atoms with E-state index in [4.69, 9.17) is 5.11 Å². The maximum Gasteiger partial charge on any atom is 0.335 e. The van der Waals surface area contributed by atoms with Crippen molar-refractivity contribution in [2.24, 2.45) is 5.92 Å². The number of aryl methyl sites for hydroxylation is 1. The molecule has 0 spiro atoms. The van der Waals surface area contributed by atoms with Gasteiger partial charge in [0.1, 0.15) is 0 Å². The second kappa shape index (κ2) is 4.61. The van der Waals surface area contributed by atoms with Crippen LogP contribution in [0, 0.1) is 12.8 Å². The average Bonchev–Trinajstić information content (AvgIpc) is 2.99. The molecule has 18 heavy (non-hydrogen) atoms. The molecule has 0 amide bonds. The second-order valence-corrected chi connectivity index (χ2v) is 6.43. The number of aromatic carboxylic acids is 1. The molecular weight excluding hydrogens is 254 g/mol. The maximum atomic E-state index is 11.8. The summed E-state index contributed by atoms with van der Waals surface area (Å²) in [7, 11) is -3.32. The predicted octanol–water partition coefficient (Wildman–Crippen LogP) is 1.84. The summed E-state index contributed by atoms with van der Waals surface area (Å²) in [6.45, 7) is 1.64. The lowest BCUT2D eigenvalue weighted by molar-refractivity contribution is 0.0696. The van der Waals surface area contributed by atoms with E-state index in [-0.39, 0.29) is 17.2 Å². The van der Waals surface area contributed by atoms with Crippen LogP contribution in [0.1, 0.15) is 28.8 Å². The number of anilines is 1. The second-order valence-electron chi connectivity index (χ2n) is 4.66. The third-order valence-electron chi connectivity index (χ3n) is 2.88. The first-order valence-electron chi connectivity index (χ1n) is 5.72. The molecule has 6 heteroatoms. The highest BCUT2D eigenvalue weighted by Gasteiger charge is 2.28. The first-order valence-corrected chi connectivity index (χ1v) is 7.37. The van der Waals surface area contributed by atoms with Crippen LogP contribution in [0.15, 0.2) is 18.2 Å². The number of hydrogen-bond acceptors (Lipinski definition) is 3. The summed E-state index contributed by atoms with van der Waals surface area (Å²) in [5, 5.41) is 8.88. The zero-order valence-corrected chi connectivity index (χ0v) is 10.8. The molecule has 2 N–H and O–H groups in total. The van der Waals surface area contributed by atoms with E-state index in [0.29, 0.717) is 11.3 Å². The van der Waals surface area contributed by atoms with Gasteiger partial charge in [0.2, 0.25) is 10.0 Å². The Morgan fingerprint density at radius 2 is 2.11 bits per heavy atom. The maximum absolute atomic E-state index is 11.8. The van der Waals surface area contributed by atoms with Gasteiger partial charge in [0.05, 0.1) is 11.3 Å². The number of carboxylic acid groups (broad SMARTS) is 1. The SMILES string of the molecule is Cc1cc(NS(=O)(=O)CC2CC2)ccc1C(=O)O. The van der Waals surface area contributed by atoms with Crippen molar-refractivity contribution in [2.75, 3.05) is 10.5 Å². The Hall–Kier alpha value is -1.56. The van der Waals surface area contributed by atoms with Gasteiger partial charge in [-0.3, -0.25) is 4.72 Å². The van der Waals surface area contributed by atoms with Gasteiger partial charge in [-0.05, 0) is 49.4 Å². The Kier molecular flexibility index (Phi) is 3.30. The van der Waals surface area contributed by atoms with Gasteiger partial charge in [0.25, 0.3) is 0 Å². The fraction of sp³-hybridized carbons (Fsp3) is 0.417. The van der Waals surface area contributed by atoms with Gasteiger partial charge >= 0.3 is 5.97 Å². The minimum atomic E-state index is -3.32. The number of carboxylic acids is 1. The van der Waals surface area contributed by atoms with Gasteiger partial charge in [0.15, 0.2) is 0 Å². The van der Waals surface area contributed by atoms with Crippen molar-refractivity contribution in [3.63, 3.8) is 0 Å². The zero-order chi connectivity index (χ0) is 13.3. The largest absolute Gasteiger partial charge is 0.478 e. The van der Waals surface area contributed by atoms with Crippen molar-refractivity contribution >= 4 is 21.7 Å². The van der Waals surface area contributed by atoms with Crippen LogP contribution in [0.4, 0.5) is 5.69 Å². The molecular formula is C12H15NO4S. The first kappa shape index (κ1) is 12.9. The molecule has 1 aliphatic carbocycles. The molecule has 0 saturated heterocycles. The Bertz CT molecular complexity index is 576. The Morgan fingerprint density at radius 3 is 2.61 bits per heavy atom. The van der Waals surface area contributed by atoms with Gasteiger partial charge in [-0.2, -0.15) is 0 Å². The number of carbonyl (C=O) groups is 1. The predicted molar refractivity (Wildman–Crippen MR) is 68.3 cm³/mol. The Morgan fingerprint density at radius 1 is 1.44 bits per heavy atom. The number of hydrogen-bond donors (Lipinski definition) is 2. The molecule has 1 aromatic carbocycles. The third kappa shape index (κ3) is 3.22. The molecule has 0 heterocycles. The van der Waals surface area contributed by atoms with Crippen LogP contribution in [0.25, 0.3) is 0 Å².